The summed E-state index contributed by atoms with van der Waals surface area (Å²) < 4.78 is 0. The molecule has 4 heteroatoms. The zero-order valence-electron chi connectivity index (χ0n) is 12.3. The molecule has 3 rings (SSSR count). The van der Waals surface area contributed by atoms with Crippen LogP contribution in [-0.4, -0.2) is 16.4 Å². The van der Waals surface area contributed by atoms with Gasteiger partial charge in [-0.2, -0.15) is 0 Å². The molecule has 0 amide bonds. The summed E-state index contributed by atoms with van der Waals surface area (Å²) in [5.74, 6) is 0.356. The zero-order valence-corrected chi connectivity index (χ0v) is 12.3. The van der Waals surface area contributed by atoms with Crippen LogP contribution in [0.15, 0.2) is 77.8 Å². The molecule has 3 N–H and O–H groups in total. The Bertz CT molecular complexity index is 844. The number of aromatic hydroxyl groups is 2. The van der Waals surface area contributed by atoms with Crippen LogP contribution >= 0.6 is 0 Å². The normalized spacial score (nSPS) is 10.8. The van der Waals surface area contributed by atoms with Crippen LogP contribution in [0.25, 0.3) is 0 Å². The lowest BCUT2D eigenvalue weighted by Gasteiger charge is -2.10. The molecule has 0 spiro atoms. The van der Waals surface area contributed by atoms with Gasteiger partial charge in [-0.05, 0) is 36.4 Å². The van der Waals surface area contributed by atoms with Gasteiger partial charge in [0.05, 0.1) is 17.1 Å². The van der Waals surface area contributed by atoms with Gasteiger partial charge in [0.15, 0.2) is 0 Å². The number of hydrogen-bond donors (Lipinski definition) is 3. The van der Waals surface area contributed by atoms with Gasteiger partial charge in [0.1, 0.15) is 11.5 Å². The molecule has 114 valence electrons. The molecule has 3 aromatic rings. The molecule has 0 aromatic heterocycles. The van der Waals surface area contributed by atoms with E-state index in [1.165, 1.54) is 0 Å². The highest BCUT2D eigenvalue weighted by atomic mass is 16.3. The van der Waals surface area contributed by atoms with Crippen molar-refractivity contribution in [1.29, 1.82) is 0 Å². The summed E-state index contributed by atoms with van der Waals surface area (Å²) in [7, 11) is 0. The Morgan fingerprint density at radius 2 is 1.30 bits per heavy atom. The third-order valence-electron chi connectivity index (χ3n) is 3.36. The molecular formula is C19H16N2O2. The number of benzene rings is 3. The van der Waals surface area contributed by atoms with E-state index < -0.39 is 0 Å². The van der Waals surface area contributed by atoms with Gasteiger partial charge >= 0.3 is 0 Å². The minimum atomic E-state index is 0.173. The predicted molar refractivity (Wildman–Crippen MR) is 93.2 cm³/mol. The first-order valence-electron chi connectivity index (χ1n) is 7.20. The fourth-order valence-electron chi connectivity index (χ4n) is 2.15. The molecule has 0 aliphatic heterocycles. The lowest BCUT2D eigenvalue weighted by Crippen LogP contribution is -1.91. The zero-order chi connectivity index (χ0) is 16.1. The number of para-hydroxylation sites is 5. The number of rotatable bonds is 4. The summed E-state index contributed by atoms with van der Waals surface area (Å²) in [6, 6.07) is 21.5. The fourth-order valence-corrected chi connectivity index (χ4v) is 2.15. The van der Waals surface area contributed by atoms with Crippen LogP contribution in [0.2, 0.25) is 0 Å². The summed E-state index contributed by atoms with van der Waals surface area (Å²) in [5.41, 5.74) is 2.72. The number of anilines is 2. The number of nitrogens with one attached hydrogen (secondary N) is 1. The van der Waals surface area contributed by atoms with Gasteiger partial charge in [-0.15, -0.1) is 0 Å². The average Bonchev–Trinajstić information content (AvgIpc) is 2.57. The van der Waals surface area contributed by atoms with E-state index in [-0.39, 0.29) is 11.5 Å². The van der Waals surface area contributed by atoms with Crippen LogP contribution in [0.4, 0.5) is 17.1 Å². The third kappa shape index (κ3) is 3.49. The van der Waals surface area contributed by atoms with Gasteiger partial charge in [-0.25, -0.2) is 0 Å². The fraction of sp³-hybridized carbons (Fsp3) is 0. The number of aliphatic imine (C=N–C) groups is 1. The molecule has 0 heterocycles. The topological polar surface area (TPSA) is 64.9 Å². The minimum Gasteiger partial charge on any atom is -0.507 e. The Kier molecular flexibility index (Phi) is 4.25. The number of hydrogen-bond acceptors (Lipinski definition) is 4. The molecule has 0 radical (unpaired) electrons. The van der Waals surface area contributed by atoms with E-state index >= 15 is 0 Å². The van der Waals surface area contributed by atoms with Crippen molar-refractivity contribution in [3.63, 3.8) is 0 Å². The number of phenols is 2. The van der Waals surface area contributed by atoms with Crippen molar-refractivity contribution in [1.82, 2.24) is 0 Å². The number of phenolic OH excluding ortho intramolecular Hbond substituents is 2. The van der Waals surface area contributed by atoms with Gasteiger partial charge in [-0.3, -0.25) is 4.99 Å². The maximum absolute atomic E-state index is 9.87. The first-order valence-corrected chi connectivity index (χ1v) is 7.20. The summed E-state index contributed by atoms with van der Waals surface area (Å²) >= 11 is 0. The second-order valence-corrected chi connectivity index (χ2v) is 4.98. The Balaban J connectivity index is 1.90. The van der Waals surface area contributed by atoms with E-state index in [1.807, 2.05) is 36.4 Å². The van der Waals surface area contributed by atoms with Gasteiger partial charge in [0.2, 0.25) is 0 Å². The first-order chi connectivity index (χ1) is 11.2. The first kappa shape index (κ1) is 14.7. The van der Waals surface area contributed by atoms with Crippen LogP contribution in [-0.2, 0) is 0 Å². The minimum absolute atomic E-state index is 0.173. The monoisotopic (exact) mass is 304 g/mol. The molecule has 3 aromatic carbocycles. The highest BCUT2D eigenvalue weighted by molar-refractivity contribution is 5.87. The molecule has 0 unspecified atom stereocenters. The predicted octanol–water partition coefficient (Wildman–Crippen LogP) is 4.59. The molecule has 0 aliphatic carbocycles. The van der Waals surface area contributed by atoms with E-state index in [2.05, 4.69) is 10.3 Å². The lowest BCUT2D eigenvalue weighted by molar-refractivity contribution is 0.474. The van der Waals surface area contributed by atoms with Crippen molar-refractivity contribution >= 4 is 23.3 Å². The lowest BCUT2D eigenvalue weighted by atomic mass is 10.2. The summed E-state index contributed by atoms with van der Waals surface area (Å²) in [6.45, 7) is 0. The van der Waals surface area contributed by atoms with E-state index in [0.29, 0.717) is 16.9 Å². The summed E-state index contributed by atoms with van der Waals surface area (Å²) in [6.07, 6.45) is 1.61. The van der Waals surface area contributed by atoms with Crippen LogP contribution in [0.3, 0.4) is 0 Å². The maximum Gasteiger partial charge on any atom is 0.139 e. The van der Waals surface area contributed by atoms with Gasteiger partial charge in [0, 0.05) is 11.8 Å². The van der Waals surface area contributed by atoms with Crippen LogP contribution in [0, 0.1) is 0 Å². The highest BCUT2D eigenvalue weighted by Crippen LogP contribution is 2.31. The van der Waals surface area contributed by atoms with Crippen molar-refractivity contribution in [3.8, 4) is 11.5 Å². The molecule has 23 heavy (non-hydrogen) atoms. The Morgan fingerprint density at radius 1 is 0.696 bits per heavy atom. The Morgan fingerprint density at radius 3 is 2.04 bits per heavy atom. The van der Waals surface area contributed by atoms with Crippen LogP contribution in [0.1, 0.15) is 5.56 Å². The average molecular weight is 304 g/mol. The molecule has 0 saturated heterocycles. The maximum atomic E-state index is 9.87. The van der Waals surface area contributed by atoms with E-state index in [0.717, 1.165) is 5.69 Å². The third-order valence-corrected chi connectivity index (χ3v) is 3.36. The molecule has 0 aliphatic rings. The molecule has 0 bridgehead atoms. The van der Waals surface area contributed by atoms with Gasteiger partial charge < -0.3 is 15.5 Å². The highest BCUT2D eigenvalue weighted by Gasteiger charge is 2.04. The molecule has 0 fully saturated rings. The van der Waals surface area contributed by atoms with Crippen molar-refractivity contribution in [3.05, 3.63) is 78.4 Å². The van der Waals surface area contributed by atoms with Crippen LogP contribution < -0.4 is 5.32 Å². The Hall–Kier alpha value is -3.27. The summed E-state index contributed by atoms with van der Waals surface area (Å²) in [5, 5.41) is 22.8. The van der Waals surface area contributed by atoms with E-state index in [9.17, 15) is 10.2 Å². The molecule has 4 nitrogen and oxygen atoms in total. The van der Waals surface area contributed by atoms with Gasteiger partial charge in [0.25, 0.3) is 0 Å². The largest absolute Gasteiger partial charge is 0.507 e. The van der Waals surface area contributed by atoms with Crippen LogP contribution in [0.5, 0.6) is 11.5 Å². The SMILES string of the molecule is Oc1ccccc1C=Nc1ccccc1Nc1ccccc1O. The number of nitrogens with zero attached hydrogens (tertiary/aromatic N) is 1. The molecular weight excluding hydrogens is 288 g/mol. The van der Waals surface area contributed by atoms with Crippen molar-refractivity contribution < 1.29 is 10.2 Å². The smallest absolute Gasteiger partial charge is 0.139 e. The standard InChI is InChI=1S/C19H16N2O2/c22-18-11-5-1-7-14(18)13-20-15-8-2-3-9-16(15)21-17-10-4-6-12-19(17)23/h1-13,21-23H. The Labute approximate surface area is 134 Å². The summed E-state index contributed by atoms with van der Waals surface area (Å²) in [4.78, 5) is 4.43. The molecule has 0 atom stereocenters. The van der Waals surface area contributed by atoms with Crippen molar-refractivity contribution in [2.45, 2.75) is 0 Å². The van der Waals surface area contributed by atoms with E-state index in [1.54, 1.807) is 42.6 Å². The molecule has 0 saturated carbocycles. The quantitative estimate of drug-likeness (QED) is 0.488. The second kappa shape index (κ2) is 6.66. The van der Waals surface area contributed by atoms with Gasteiger partial charge in [-0.1, -0.05) is 36.4 Å². The van der Waals surface area contributed by atoms with E-state index in [4.69, 9.17) is 0 Å². The van der Waals surface area contributed by atoms with Crippen molar-refractivity contribution in [2.24, 2.45) is 4.99 Å². The second-order valence-electron chi connectivity index (χ2n) is 4.98. The van der Waals surface area contributed by atoms with Crippen molar-refractivity contribution in [2.75, 3.05) is 5.32 Å².